The zero-order valence-electron chi connectivity index (χ0n) is 12.6. The lowest BCUT2D eigenvalue weighted by Crippen LogP contribution is -2.45. The molecule has 21 heavy (non-hydrogen) atoms. The van der Waals surface area contributed by atoms with Crippen molar-refractivity contribution in [2.45, 2.75) is 32.4 Å². The van der Waals surface area contributed by atoms with Crippen LogP contribution in [0.1, 0.15) is 20.3 Å². The van der Waals surface area contributed by atoms with E-state index in [1.165, 1.54) is 0 Å². The highest BCUT2D eigenvalue weighted by atomic mass is 16.5. The molecule has 1 fully saturated rings. The summed E-state index contributed by atoms with van der Waals surface area (Å²) in [5.41, 5.74) is 0.785. The van der Waals surface area contributed by atoms with E-state index in [4.69, 9.17) is 4.74 Å². The predicted octanol–water partition coefficient (Wildman–Crippen LogP) is 1.51. The lowest BCUT2D eigenvalue weighted by Gasteiger charge is -2.18. The summed E-state index contributed by atoms with van der Waals surface area (Å²) in [6.45, 7) is 4.25. The van der Waals surface area contributed by atoms with Crippen LogP contribution in [-0.2, 0) is 4.79 Å². The largest absolute Gasteiger partial charge is 0.497 e. The predicted molar refractivity (Wildman–Crippen MR) is 80.6 cm³/mol. The van der Waals surface area contributed by atoms with Gasteiger partial charge in [-0.3, -0.25) is 4.79 Å². The number of nitrogens with one attached hydrogen (secondary N) is 2. The highest BCUT2D eigenvalue weighted by Crippen LogP contribution is 2.25. The fourth-order valence-electron chi connectivity index (χ4n) is 2.32. The van der Waals surface area contributed by atoms with E-state index in [0.717, 1.165) is 5.69 Å². The van der Waals surface area contributed by atoms with Crippen LogP contribution in [0.2, 0.25) is 0 Å². The molecule has 0 radical (unpaired) electrons. The number of ether oxygens (including phenoxy) is 1. The minimum Gasteiger partial charge on any atom is -0.497 e. The minimum absolute atomic E-state index is 0.00176. The summed E-state index contributed by atoms with van der Waals surface area (Å²) in [7, 11) is 1.59. The molecular weight excluding hydrogens is 270 g/mol. The van der Waals surface area contributed by atoms with Crippen LogP contribution >= 0.6 is 0 Å². The first-order chi connectivity index (χ1) is 9.99. The van der Waals surface area contributed by atoms with Gasteiger partial charge in [0, 0.05) is 30.8 Å². The average molecular weight is 291 g/mol. The van der Waals surface area contributed by atoms with E-state index in [2.05, 4.69) is 10.6 Å². The second kappa shape index (κ2) is 6.47. The zero-order chi connectivity index (χ0) is 15.4. The number of rotatable bonds is 4. The normalized spacial score (nSPS) is 18.0. The van der Waals surface area contributed by atoms with Crippen LogP contribution < -0.4 is 20.3 Å². The molecule has 2 rings (SSSR count). The molecule has 1 aliphatic rings. The second-order valence-corrected chi connectivity index (χ2v) is 5.38. The van der Waals surface area contributed by atoms with Gasteiger partial charge >= 0.3 is 6.03 Å². The van der Waals surface area contributed by atoms with Crippen molar-refractivity contribution in [1.29, 1.82) is 0 Å². The third-order valence-electron chi connectivity index (χ3n) is 3.25. The molecule has 6 heteroatoms. The Hall–Kier alpha value is -2.24. The number of methoxy groups -OCH3 is 1. The van der Waals surface area contributed by atoms with Crippen molar-refractivity contribution in [3.05, 3.63) is 24.3 Å². The van der Waals surface area contributed by atoms with Gasteiger partial charge in [0.25, 0.3) is 0 Å². The smallest absolute Gasteiger partial charge is 0.315 e. The molecule has 0 saturated carbocycles. The SMILES string of the molecule is COc1cccc(N2C[C@H](NC(=O)NC(C)C)CC2=O)c1. The summed E-state index contributed by atoms with van der Waals surface area (Å²) in [4.78, 5) is 25.5. The molecule has 1 aromatic rings. The van der Waals surface area contributed by atoms with Crippen LogP contribution in [0.15, 0.2) is 24.3 Å². The van der Waals surface area contributed by atoms with Crippen molar-refractivity contribution < 1.29 is 14.3 Å². The molecule has 0 spiro atoms. The van der Waals surface area contributed by atoms with Crippen LogP contribution in [0.3, 0.4) is 0 Å². The number of carbonyl (C=O) groups is 2. The Bertz CT molecular complexity index is 531. The van der Waals surface area contributed by atoms with Crippen LogP contribution in [0.4, 0.5) is 10.5 Å². The maximum atomic E-state index is 12.1. The Morgan fingerprint density at radius 1 is 1.43 bits per heavy atom. The van der Waals surface area contributed by atoms with Crippen molar-refractivity contribution in [2.24, 2.45) is 0 Å². The van der Waals surface area contributed by atoms with Crippen molar-refractivity contribution in [1.82, 2.24) is 10.6 Å². The molecule has 1 saturated heterocycles. The number of amides is 3. The van der Waals surface area contributed by atoms with Gasteiger partial charge in [-0.05, 0) is 26.0 Å². The number of nitrogens with zero attached hydrogens (tertiary/aromatic N) is 1. The van der Waals surface area contributed by atoms with Gasteiger partial charge < -0.3 is 20.3 Å². The van der Waals surface area contributed by atoms with E-state index >= 15 is 0 Å². The lowest BCUT2D eigenvalue weighted by atomic mass is 10.2. The molecule has 0 aliphatic carbocycles. The molecule has 0 aromatic heterocycles. The topological polar surface area (TPSA) is 70.7 Å². The number of hydrogen-bond acceptors (Lipinski definition) is 3. The van der Waals surface area contributed by atoms with Gasteiger partial charge in [-0.1, -0.05) is 6.07 Å². The van der Waals surface area contributed by atoms with Gasteiger partial charge in [0.05, 0.1) is 13.2 Å². The van der Waals surface area contributed by atoms with Crippen molar-refractivity contribution in [2.75, 3.05) is 18.6 Å². The summed E-state index contributed by atoms with van der Waals surface area (Å²) >= 11 is 0. The first-order valence-corrected chi connectivity index (χ1v) is 7.01. The van der Waals surface area contributed by atoms with Gasteiger partial charge in [-0.2, -0.15) is 0 Å². The number of benzene rings is 1. The zero-order valence-corrected chi connectivity index (χ0v) is 12.6. The molecule has 1 aliphatic heterocycles. The summed E-state index contributed by atoms with van der Waals surface area (Å²) in [5.74, 6) is 0.701. The molecule has 0 unspecified atom stereocenters. The van der Waals surface area contributed by atoms with E-state index in [1.807, 2.05) is 38.1 Å². The number of carbonyl (C=O) groups excluding carboxylic acids is 2. The molecule has 2 N–H and O–H groups in total. The standard InChI is InChI=1S/C15H21N3O3/c1-10(2)16-15(20)17-11-7-14(19)18(9-11)12-5-4-6-13(8-12)21-3/h4-6,8,10-11H,7,9H2,1-3H3,(H2,16,17,20)/t11-/m1/s1. The third-order valence-corrected chi connectivity index (χ3v) is 3.25. The van der Waals surface area contributed by atoms with Crippen LogP contribution in [0.5, 0.6) is 5.75 Å². The summed E-state index contributed by atoms with van der Waals surface area (Å²) in [6, 6.07) is 6.99. The molecule has 114 valence electrons. The van der Waals surface area contributed by atoms with Crippen LogP contribution in [-0.4, -0.2) is 37.7 Å². The number of anilines is 1. The molecule has 3 amide bonds. The number of hydrogen-bond donors (Lipinski definition) is 2. The molecule has 0 bridgehead atoms. The van der Waals surface area contributed by atoms with Crippen LogP contribution in [0.25, 0.3) is 0 Å². The first-order valence-electron chi connectivity index (χ1n) is 7.01. The molecule has 6 nitrogen and oxygen atoms in total. The monoisotopic (exact) mass is 291 g/mol. The van der Waals surface area contributed by atoms with E-state index in [-0.39, 0.29) is 24.0 Å². The second-order valence-electron chi connectivity index (χ2n) is 5.38. The van der Waals surface area contributed by atoms with Gasteiger partial charge in [0.1, 0.15) is 5.75 Å². The molecular formula is C15H21N3O3. The summed E-state index contributed by atoms with van der Waals surface area (Å²) < 4.78 is 5.17. The van der Waals surface area contributed by atoms with Gasteiger partial charge in [-0.25, -0.2) is 4.79 Å². The van der Waals surface area contributed by atoms with Crippen molar-refractivity contribution in [3.8, 4) is 5.75 Å². The highest BCUT2D eigenvalue weighted by Gasteiger charge is 2.31. The third kappa shape index (κ3) is 3.87. The maximum absolute atomic E-state index is 12.1. The summed E-state index contributed by atoms with van der Waals surface area (Å²) in [5, 5.41) is 5.58. The fourth-order valence-corrected chi connectivity index (χ4v) is 2.32. The fraction of sp³-hybridized carbons (Fsp3) is 0.467. The van der Waals surface area contributed by atoms with E-state index < -0.39 is 0 Å². The Morgan fingerprint density at radius 2 is 2.19 bits per heavy atom. The van der Waals surface area contributed by atoms with Crippen molar-refractivity contribution in [3.63, 3.8) is 0 Å². The van der Waals surface area contributed by atoms with E-state index in [1.54, 1.807) is 12.0 Å². The Kier molecular flexibility index (Phi) is 4.67. The highest BCUT2D eigenvalue weighted by molar-refractivity contribution is 5.97. The van der Waals surface area contributed by atoms with E-state index in [0.29, 0.717) is 18.7 Å². The maximum Gasteiger partial charge on any atom is 0.315 e. The number of urea groups is 1. The van der Waals surface area contributed by atoms with Crippen molar-refractivity contribution >= 4 is 17.6 Å². The summed E-state index contributed by atoms with van der Waals surface area (Å²) in [6.07, 6.45) is 0.308. The van der Waals surface area contributed by atoms with Gasteiger partial charge in [0.2, 0.25) is 5.91 Å². The first kappa shape index (κ1) is 15.2. The van der Waals surface area contributed by atoms with Gasteiger partial charge in [-0.15, -0.1) is 0 Å². The molecule has 1 atom stereocenters. The quantitative estimate of drug-likeness (QED) is 0.883. The molecule has 1 heterocycles. The van der Waals surface area contributed by atoms with Crippen LogP contribution in [0, 0.1) is 0 Å². The Morgan fingerprint density at radius 3 is 2.86 bits per heavy atom. The molecule has 1 aromatic carbocycles. The lowest BCUT2D eigenvalue weighted by molar-refractivity contribution is -0.117. The van der Waals surface area contributed by atoms with E-state index in [9.17, 15) is 9.59 Å². The Balaban J connectivity index is 2.00. The average Bonchev–Trinajstić information content (AvgIpc) is 2.78. The Labute approximate surface area is 124 Å². The minimum atomic E-state index is -0.240. The van der Waals surface area contributed by atoms with Gasteiger partial charge in [0.15, 0.2) is 0 Å².